The lowest BCUT2D eigenvalue weighted by Gasteiger charge is -2.27. The van der Waals surface area contributed by atoms with Crippen molar-refractivity contribution in [1.82, 2.24) is 5.32 Å². The van der Waals surface area contributed by atoms with E-state index in [1.807, 2.05) is 0 Å². The quantitative estimate of drug-likeness (QED) is 0.0512. The van der Waals surface area contributed by atoms with E-state index >= 15 is 0 Å². The molecule has 4 rings (SSSR count). The predicted molar refractivity (Wildman–Crippen MR) is 194 cm³/mol. The van der Waals surface area contributed by atoms with Crippen LogP contribution in [0.3, 0.4) is 0 Å². The molecule has 1 amide bonds. The highest BCUT2D eigenvalue weighted by Gasteiger charge is 2.44. The summed E-state index contributed by atoms with van der Waals surface area (Å²) in [5, 5.41) is 26.4. The molecule has 4 aromatic carbocycles. The monoisotopic (exact) mass is 677 g/mol. The molecule has 0 heterocycles. The number of unbranched alkanes of at least 4 members (excludes halogenated alkanes) is 7. The van der Waals surface area contributed by atoms with Gasteiger partial charge in [0.05, 0.1) is 16.3 Å². The average Bonchev–Trinajstić information content (AvgIpc) is 3.06. The lowest BCUT2D eigenvalue weighted by molar-refractivity contribution is -0.121. The van der Waals surface area contributed by atoms with Gasteiger partial charge in [-0.2, -0.15) is 0 Å². The molecule has 0 aliphatic rings. The molecule has 0 radical (unpaired) electrons. The van der Waals surface area contributed by atoms with Crippen molar-refractivity contribution in [3.8, 4) is 11.5 Å². The molecule has 0 saturated carbocycles. The van der Waals surface area contributed by atoms with Crippen LogP contribution in [-0.4, -0.2) is 48.1 Å². The van der Waals surface area contributed by atoms with Gasteiger partial charge in [0.25, 0.3) is 0 Å². The van der Waals surface area contributed by atoms with Crippen molar-refractivity contribution >= 4 is 39.2 Å². The Morgan fingerprint density at radius 2 is 1.09 bits per heavy atom. The molecule has 0 aliphatic carbocycles. The van der Waals surface area contributed by atoms with Crippen LogP contribution in [0.15, 0.2) is 109 Å². The second-order valence-corrected chi connectivity index (χ2v) is 16.8. The summed E-state index contributed by atoms with van der Waals surface area (Å²) in [7, 11) is -5.63. The predicted octanol–water partition coefficient (Wildman–Crippen LogP) is 6.42. The van der Waals surface area contributed by atoms with E-state index in [0.717, 1.165) is 18.4 Å². The molecule has 9 heteroatoms. The third-order valence-electron chi connectivity index (χ3n) is 8.01. The molecule has 3 N–H and O–H groups in total. The van der Waals surface area contributed by atoms with Gasteiger partial charge in [-0.1, -0.05) is 92.8 Å². The first-order valence-corrected chi connectivity index (χ1v) is 20.1. The molecule has 0 aliphatic heterocycles. The highest BCUT2D eigenvalue weighted by Crippen LogP contribution is 2.56. The zero-order valence-electron chi connectivity index (χ0n) is 27.3. The number of nitrogens with one attached hydrogen (secondary N) is 1. The normalized spacial score (nSPS) is 11.4. The SMILES string of the molecule is CS(=O)(=O)[O-].O=C(CCc1ccc(O)c(O)c1)NCCCCCCCCCC[P+](c1ccccc1)(c1ccccc1)c1ccccc1. The van der Waals surface area contributed by atoms with Crippen LogP contribution in [0.5, 0.6) is 11.5 Å². The fourth-order valence-corrected chi connectivity index (χ4v) is 10.1. The molecule has 4 aromatic rings. The molecule has 47 heavy (non-hydrogen) atoms. The first kappa shape index (κ1) is 37.7. The van der Waals surface area contributed by atoms with E-state index in [4.69, 9.17) is 13.0 Å². The van der Waals surface area contributed by atoms with Gasteiger partial charge in [0.1, 0.15) is 23.2 Å². The van der Waals surface area contributed by atoms with E-state index in [9.17, 15) is 15.0 Å². The standard InChI is InChI=1S/C37H44NO3P.CH4O3S/c39-35-26-24-31(30-36(35)40)25-27-37(41)38-28-16-5-3-1-2-4-6-17-29-42(32-18-10-7-11-19-32,33-20-12-8-13-21-33)34-22-14-9-15-23-34;1-5(2,3)4/h7-15,18-24,26,30H,1-6,16-17,25,27-29H2,(H2-,38,39,40,41);1H3,(H,2,3,4). The Bertz CT molecular complexity index is 1480. The van der Waals surface area contributed by atoms with Gasteiger partial charge in [-0.05, 0) is 79.8 Å². The number of benzene rings is 4. The van der Waals surface area contributed by atoms with E-state index in [-0.39, 0.29) is 17.4 Å². The van der Waals surface area contributed by atoms with E-state index in [1.165, 1.54) is 72.7 Å². The topological polar surface area (TPSA) is 127 Å². The molecule has 0 bridgehead atoms. The number of aryl methyl sites for hydroxylation is 1. The summed E-state index contributed by atoms with van der Waals surface area (Å²) in [6, 6.07) is 38.2. The maximum atomic E-state index is 12.1. The Morgan fingerprint density at radius 1 is 0.660 bits per heavy atom. The molecule has 0 fully saturated rings. The van der Waals surface area contributed by atoms with E-state index in [0.29, 0.717) is 25.6 Å². The minimum Gasteiger partial charge on any atom is -0.748 e. The zero-order valence-corrected chi connectivity index (χ0v) is 29.0. The summed E-state index contributed by atoms with van der Waals surface area (Å²) in [4.78, 5) is 12.1. The second-order valence-electron chi connectivity index (χ2n) is 11.7. The van der Waals surface area contributed by atoms with E-state index in [2.05, 4.69) is 96.3 Å². The largest absolute Gasteiger partial charge is 0.748 e. The number of phenols is 2. The van der Waals surface area contributed by atoms with Crippen molar-refractivity contribution in [2.45, 2.75) is 64.2 Å². The fourth-order valence-electron chi connectivity index (χ4n) is 5.72. The summed E-state index contributed by atoms with van der Waals surface area (Å²) in [6.45, 7) is 0.712. The Morgan fingerprint density at radius 3 is 1.53 bits per heavy atom. The highest BCUT2D eigenvalue weighted by atomic mass is 32.2. The van der Waals surface area contributed by atoms with Gasteiger partial charge in [-0.25, -0.2) is 8.42 Å². The Labute approximate surface area is 281 Å². The van der Waals surface area contributed by atoms with Crippen LogP contribution in [0.1, 0.15) is 63.4 Å². The Kier molecular flexibility index (Phi) is 15.9. The molecule has 252 valence electrons. The number of carbonyl (C=O) groups excluding carboxylic acids is 1. The number of amides is 1. The summed E-state index contributed by atoms with van der Waals surface area (Å²) in [6.07, 6.45) is 12.3. The third-order valence-corrected chi connectivity index (χ3v) is 12.5. The fraction of sp³-hybridized carbons (Fsp3) is 0.342. The minimum atomic E-state index is -3.92. The number of rotatable bonds is 17. The van der Waals surface area contributed by atoms with Crippen LogP contribution in [0.2, 0.25) is 0 Å². The van der Waals surface area contributed by atoms with Gasteiger partial charge < -0.3 is 20.1 Å². The molecule has 0 atom stereocenters. The molecular formula is C38H48NO6PS. The van der Waals surface area contributed by atoms with Crippen LogP contribution in [0.25, 0.3) is 0 Å². The maximum Gasteiger partial charge on any atom is 0.220 e. The lowest BCUT2D eigenvalue weighted by atomic mass is 10.1. The molecule has 7 nitrogen and oxygen atoms in total. The average molecular weight is 678 g/mol. The van der Waals surface area contributed by atoms with Crippen LogP contribution in [-0.2, 0) is 21.3 Å². The Balaban J connectivity index is 0.00000111. The molecule has 0 aromatic heterocycles. The minimum absolute atomic E-state index is 0.0305. The number of phenolic OH excluding ortho intramolecular Hbond substituents is 2. The molecular weight excluding hydrogens is 629 g/mol. The summed E-state index contributed by atoms with van der Waals surface area (Å²) < 4.78 is 27.2. The Hall–Kier alpha value is -3.71. The van der Waals surface area contributed by atoms with E-state index in [1.54, 1.807) is 6.07 Å². The van der Waals surface area contributed by atoms with Crippen LogP contribution < -0.4 is 21.2 Å². The first-order chi connectivity index (χ1) is 22.6. The third kappa shape index (κ3) is 13.5. The van der Waals surface area contributed by atoms with Crippen LogP contribution in [0.4, 0.5) is 0 Å². The van der Waals surface area contributed by atoms with E-state index < -0.39 is 17.4 Å². The lowest BCUT2D eigenvalue weighted by Crippen LogP contribution is -2.33. The summed E-state index contributed by atoms with van der Waals surface area (Å²) in [5.41, 5.74) is 0.841. The molecule has 0 unspecified atom stereocenters. The van der Waals surface area contributed by atoms with Gasteiger partial charge in [0.2, 0.25) is 5.91 Å². The number of hydrogen-bond acceptors (Lipinski definition) is 6. The van der Waals surface area contributed by atoms with Crippen molar-refractivity contribution in [3.05, 3.63) is 115 Å². The van der Waals surface area contributed by atoms with Crippen molar-refractivity contribution in [3.63, 3.8) is 0 Å². The maximum absolute atomic E-state index is 12.1. The van der Waals surface area contributed by atoms with Crippen molar-refractivity contribution < 1.29 is 28.0 Å². The molecule has 0 spiro atoms. The van der Waals surface area contributed by atoms with Crippen LogP contribution in [0, 0.1) is 0 Å². The molecule has 0 saturated heterocycles. The van der Waals surface area contributed by atoms with Gasteiger partial charge in [0, 0.05) is 19.2 Å². The number of carbonyl (C=O) groups is 1. The second kappa shape index (κ2) is 19.8. The number of aromatic hydroxyl groups is 2. The van der Waals surface area contributed by atoms with Gasteiger partial charge in [-0.3, -0.25) is 4.79 Å². The van der Waals surface area contributed by atoms with Crippen molar-refractivity contribution in [1.29, 1.82) is 0 Å². The van der Waals surface area contributed by atoms with Gasteiger partial charge >= 0.3 is 0 Å². The highest BCUT2D eigenvalue weighted by molar-refractivity contribution is 7.95. The summed E-state index contributed by atoms with van der Waals surface area (Å²) >= 11 is 0. The van der Waals surface area contributed by atoms with Crippen molar-refractivity contribution in [2.75, 3.05) is 19.0 Å². The smallest absolute Gasteiger partial charge is 0.220 e. The summed E-state index contributed by atoms with van der Waals surface area (Å²) in [5.74, 6) is -0.252. The van der Waals surface area contributed by atoms with Gasteiger partial charge in [0.15, 0.2) is 11.5 Å². The number of hydrogen-bond donors (Lipinski definition) is 3. The van der Waals surface area contributed by atoms with Gasteiger partial charge in [-0.15, -0.1) is 0 Å². The first-order valence-electron chi connectivity index (χ1n) is 16.3. The van der Waals surface area contributed by atoms with Crippen molar-refractivity contribution in [2.24, 2.45) is 0 Å². The van der Waals surface area contributed by atoms with Crippen LogP contribution >= 0.6 is 7.26 Å². The zero-order chi connectivity index (χ0) is 34.0.